The van der Waals surface area contributed by atoms with Gasteiger partial charge in [0.25, 0.3) is 5.89 Å². The van der Waals surface area contributed by atoms with Gasteiger partial charge in [-0.15, -0.1) is 0 Å². The number of rotatable bonds is 6. The summed E-state index contributed by atoms with van der Waals surface area (Å²) >= 11 is 0. The second-order valence-corrected chi connectivity index (χ2v) is 7.16. The molecule has 0 fully saturated rings. The minimum Gasteiger partial charge on any atom is -0.350 e. The fourth-order valence-electron chi connectivity index (χ4n) is 3.04. The fourth-order valence-corrected chi connectivity index (χ4v) is 3.04. The molecule has 8 heteroatoms. The van der Waals surface area contributed by atoms with Gasteiger partial charge < -0.3 is 14.4 Å². The van der Waals surface area contributed by atoms with Crippen molar-refractivity contribution >= 4 is 5.91 Å². The Labute approximate surface area is 174 Å². The summed E-state index contributed by atoms with van der Waals surface area (Å²) in [4.78, 5) is 25.2. The SMILES string of the molecule is Cc1ccc(CNC(=O)Cn2cc(-c3noc(-c4ccncc4)n3)nc2C)cc1C. The van der Waals surface area contributed by atoms with Gasteiger partial charge in [0.05, 0.1) is 0 Å². The monoisotopic (exact) mass is 402 g/mol. The lowest BCUT2D eigenvalue weighted by atomic mass is 10.1. The quantitative estimate of drug-likeness (QED) is 0.532. The van der Waals surface area contributed by atoms with E-state index in [1.54, 1.807) is 35.3 Å². The molecule has 0 unspecified atom stereocenters. The second-order valence-electron chi connectivity index (χ2n) is 7.16. The van der Waals surface area contributed by atoms with Crippen molar-refractivity contribution in [3.63, 3.8) is 0 Å². The van der Waals surface area contributed by atoms with Gasteiger partial charge >= 0.3 is 0 Å². The third-order valence-corrected chi connectivity index (χ3v) is 4.93. The zero-order chi connectivity index (χ0) is 21.1. The molecular weight excluding hydrogens is 380 g/mol. The van der Waals surface area contributed by atoms with Crippen LogP contribution in [-0.2, 0) is 17.9 Å². The Morgan fingerprint density at radius 1 is 1.07 bits per heavy atom. The molecule has 30 heavy (non-hydrogen) atoms. The van der Waals surface area contributed by atoms with Gasteiger partial charge in [-0.1, -0.05) is 23.4 Å². The number of hydrogen-bond acceptors (Lipinski definition) is 6. The van der Waals surface area contributed by atoms with Gasteiger partial charge in [0.2, 0.25) is 11.7 Å². The molecule has 152 valence electrons. The number of amides is 1. The summed E-state index contributed by atoms with van der Waals surface area (Å²) in [5, 5.41) is 6.96. The predicted octanol–water partition coefficient (Wildman–Crippen LogP) is 3.24. The van der Waals surface area contributed by atoms with Gasteiger partial charge in [-0.2, -0.15) is 4.98 Å². The predicted molar refractivity (Wildman–Crippen MR) is 111 cm³/mol. The zero-order valence-corrected chi connectivity index (χ0v) is 17.1. The maximum absolute atomic E-state index is 12.4. The van der Waals surface area contributed by atoms with Crippen molar-refractivity contribution in [2.24, 2.45) is 0 Å². The smallest absolute Gasteiger partial charge is 0.258 e. The van der Waals surface area contributed by atoms with Crippen molar-refractivity contribution in [1.82, 2.24) is 30.0 Å². The lowest BCUT2D eigenvalue weighted by molar-refractivity contribution is -0.121. The molecule has 0 aliphatic carbocycles. The largest absolute Gasteiger partial charge is 0.350 e. The molecule has 3 heterocycles. The van der Waals surface area contributed by atoms with Crippen LogP contribution in [0.25, 0.3) is 23.0 Å². The first-order chi connectivity index (χ1) is 14.5. The first-order valence-corrected chi connectivity index (χ1v) is 9.60. The van der Waals surface area contributed by atoms with E-state index in [0.29, 0.717) is 29.8 Å². The number of benzene rings is 1. The number of aryl methyl sites for hydroxylation is 3. The van der Waals surface area contributed by atoms with Crippen LogP contribution in [0.15, 0.2) is 53.4 Å². The normalized spacial score (nSPS) is 10.9. The molecule has 0 atom stereocenters. The molecule has 1 N–H and O–H groups in total. The van der Waals surface area contributed by atoms with Crippen LogP contribution in [0.5, 0.6) is 0 Å². The average molecular weight is 402 g/mol. The van der Waals surface area contributed by atoms with E-state index >= 15 is 0 Å². The summed E-state index contributed by atoms with van der Waals surface area (Å²) in [5.74, 6) is 1.37. The Hall–Kier alpha value is -3.81. The second kappa shape index (κ2) is 8.28. The minimum atomic E-state index is -0.0918. The van der Waals surface area contributed by atoms with Gasteiger partial charge in [-0.25, -0.2) is 4.98 Å². The molecule has 0 saturated carbocycles. The maximum Gasteiger partial charge on any atom is 0.258 e. The molecular formula is C22H22N6O2. The molecule has 4 rings (SSSR count). The number of imidazole rings is 1. The van der Waals surface area contributed by atoms with Gasteiger partial charge in [0.15, 0.2) is 0 Å². The Morgan fingerprint density at radius 3 is 2.63 bits per heavy atom. The third-order valence-electron chi connectivity index (χ3n) is 4.93. The molecule has 8 nitrogen and oxygen atoms in total. The molecule has 0 saturated heterocycles. The summed E-state index contributed by atoms with van der Waals surface area (Å²) < 4.78 is 7.09. The third kappa shape index (κ3) is 4.27. The Balaban J connectivity index is 1.42. The highest BCUT2D eigenvalue weighted by Gasteiger charge is 2.15. The lowest BCUT2D eigenvalue weighted by Gasteiger charge is -2.08. The highest BCUT2D eigenvalue weighted by molar-refractivity contribution is 5.76. The van der Waals surface area contributed by atoms with E-state index in [-0.39, 0.29) is 12.5 Å². The van der Waals surface area contributed by atoms with E-state index < -0.39 is 0 Å². The highest BCUT2D eigenvalue weighted by Crippen LogP contribution is 2.21. The first-order valence-electron chi connectivity index (χ1n) is 9.60. The number of hydrogen-bond donors (Lipinski definition) is 1. The van der Waals surface area contributed by atoms with Crippen molar-refractivity contribution in [3.05, 3.63) is 71.4 Å². The minimum absolute atomic E-state index is 0.0918. The summed E-state index contributed by atoms with van der Waals surface area (Å²) in [6.07, 6.45) is 5.08. The molecule has 0 spiro atoms. The van der Waals surface area contributed by atoms with Gasteiger partial charge in [0, 0.05) is 30.7 Å². The van der Waals surface area contributed by atoms with Crippen LogP contribution >= 0.6 is 0 Å². The lowest BCUT2D eigenvalue weighted by Crippen LogP contribution is -2.27. The van der Waals surface area contributed by atoms with Crippen molar-refractivity contribution in [3.8, 4) is 23.0 Å². The van der Waals surface area contributed by atoms with Gasteiger partial charge in [0.1, 0.15) is 18.1 Å². The van der Waals surface area contributed by atoms with Crippen LogP contribution in [0.4, 0.5) is 0 Å². The fraction of sp³-hybridized carbons (Fsp3) is 0.227. The molecule has 3 aromatic heterocycles. The molecule has 0 aliphatic rings. The van der Waals surface area contributed by atoms with E-state index in [1.807, 2.05) is 13.0 Å². The molecule has 0 radical (unpaired) electrons. The van der Waals surface area contributed by atoms with E-state index in [9.17, 15) is 4.79 Å². The van der Waals surface area contributed by atoms with Crippen LogP contribution in [0.2, 0.25) is 0 Å². The number of nitrogens with zero attached hydrogens (tertiary/aromatic N) is 5. The summed E-state index contributed by atoms with van der Waals surface area (Å²) in [5.41, 5.74) is 4.86. The van der Waals surface area contributed by atoms with Crippen LogP contribution < -0.4 is 5.32 Å². The van der Waals surface area contributed by atoms with Crippen LogP contribution in [0, 0.1) is 20.8 Å². The van der Waals surface area contributed by atoms with Crippen molar-refractivity contribution < 1.29 is 9.32 Å². The number of nitrogens with one attached hydrogen (secondary N) is 1. The number of carbonyl (C=O) groups excluding carboxylic acids is 1. The van der Waals surface area contributed by atoms with E-state index in [4.69, 9.17) is 4.52 Å². The summed E-state index contributed by atoms with van der Waals surface area (Å²) in [6.45, 7) is 6.62. The van der Waals surface area contributed by atoms with E-state index in [2.05, 4.69) is 51.4 Å². The first kappa shape index (κ1) is 19.5. The summed E-state index contributed by atoms with van der Waals surface area (Å²) in [6, 6.07) is 9.77. The Morgan fingerprint density at radius 2 is 1.87 bits per heavy atom. The van der Waals surface area contributed by atoms with Crippen LogP contribution in [0.3, 0.4) is 0 Å². The standard InChI is InChI=1S/C22H22N6O2/c1-14-4-5-17(10-15(14)2)11-24-20(29)13-28-12-19(25-16(28)3)21-26-22(30-27-21)18-6-8-23-9-7-18/h4-10,12H,11,13H2,1-3H3,(H,24,29). The van der Waals surface area contributed by atoms with Crippen molar-refractivity contribution in [1.29, 1.82) is 0 Å². The maximum atomic E-state index is 12.4. The number of carbonyl (C=O) groups is 1. The Kier molecular flexibility index (Phi) is 5.38. The molecule has 4 aromatic rings. The molecule has 0 aliphatic heterocycles. The molecule has 1 amide bonds. The van der Waals surface area contributed by atoms with Crippen molar-refractivity contribution in [2.45, 2.75) is 33.9 Å². The topological polar surface area (TPSA) is 98.7 Å². The number of aromatic nitrogens is 5. The Bertz CT molecular complexity index is 1180. The molecule has 0 bridgehead atoms. The van der Waals surface area contributed by atoms with E-state index in [1.165, 1.54) is 11.1 Å². The molecule has 1 aromatic carbocycles. The number of pyridine rings is 1. The van der Waals surface area contributed by atoms with Gasteiger partial charge in [-0.3, -0.25) is 9.78 Å². The van der Waals surface area contributed by atoms with Crippen LogP contribution in [-0.4, -0.2) is 30.6 Å². The summed E-state index contributed by atoms with van der Waals surface area (Å²) in [7, 11) is 0. The van der Waals surface area contributed by atoms with Crippen LogP contribution in [0.1, 0.15) is 22.5 Å². The van der Waals surface area contributed by atoms with Gasteiger partial charge in [-0.05, 0) is 49.6 Å². The van der Waals surface area contributed by atoms with E-state index in [0.717, 1.165) is 11.1 Å². The zero-order valence-electron chi connectivity index (χ0n) is 17.1. The average Bonchev–Trinajstić information content (AvgIpc) is 3.37. The highest BCUT2D eigenvalue weighted by atomic mass is 16.5. The van der Waals surface area contributed by atoms with Crippen molar-refractivity contribution in [2.75, 3.05) is 0 Å².